The quantitative estimate of drug-likeness (QED) is 0.603. The molecule has 4 nitrogen and oxygen atoms in total. The van der Waals surface area contributed by atoms with Crippen LogP contribution in [0, 0.1) is 5.92 Å². The van der Waals surface area contributed by atoms with E-state index in [9.17, 15) is 9.59 Å². The third kappa shape index (κ3) is 6.40. The predicted molar refractivity (Wildman–Crippen MR) is 79.5 cm³/mol. The molecule has 0 aromatic rings. The van der Waals surface area contributed by atoms with Crippen LogP contribution < -0.4 is 5.32 Å². The Hall–Kier alpha value is -1.06. The maximum absolute atomic E-state index is 11.8. The van der Waals surface area contributed by atoms with Gasteiger partial charge < -0.3 is 10.4 Å². The topological polar surface area (TPSA) is 66.4 Å². The van der Waals surface area contributed by atoms with Gasteiger partial charge >= 0.3 is 5.97 Å². The first-order valence-electron chi connectivity index (χ1n) is 8.17. The molecule has 2 atom stereocenters. The zero-order valence-corrected chi connectivity index (χ0v) is 12.7. The van der Waals surface area contributed by atoms with Crippen LogP contribution in [0.5, 0.6) is 0 Å². The van der Waals surface area contributed by atoms with Gasteiger partial charge in [0.2, 0.25) is 5.91 Å². The molecule has 116 valence electrons. The Bertz CT molecular complexity index is 304. The van der Waals surface area contributed by atoms with Crippen LogP contribution in [0.25, 0.3) is 0 Å². The number of rotatable bonds is 10. The Kier molecular flexibility index (Phi) is 8.31. The molecular weight excluding hydrogens is 254 g/mol. The van der Waals surface area contributed by atoms with E-state index < -0.39 is 5.97 Å². The molecule has 0 aliphatic heterocycles. The van der Waals surface area contributed by atoms with Crippen molar-refractivity contribution in [3.05, 3.63) is 0 Å². The Morgan fingerprint density at radius 1 is 1.05 bits per heavy atom. The van der Waals surface area contributed by atoms with E-state index in [2.05, 4.69) is 12.2 Å². The van der Waals surface area contributed by atoms with Crippen molar-refractivity contribution >= 4 is 11.9 Å². The standard InChI is InChI=1S/C16H29NO3/c1-2-3-4-5-6-7-8-12-15(18)17-14-11-9-10-13(14)16(19)20/h13-14H,2-12H2,1H3,(H,17,18)(H,19,20). The van der Waals surface area contributed by atoms with Crippen LogP contribution in [-0.2, 0) is 9.59 Å². The van der Waals surface area contributed by atoms with Crippen molar-refractivity contribution < 1.29 is 14.7 Å². The SMILES string of the molecule is CCCCCCCCCC(=O)NC1CCCC1C(=O)O. The van der Waals surface area contributed by atoms with Crippen LogP contribution in [0.1, 0.15) is 77.6 Å². The summed E-state index contributed by atoms with van der Waals surface area (Å²) in [7, 11) is 0. The lowest BCUT2D eigenvalue weighted by Crippen LogP contribution is -2.40. The fourth-order valence-corrected chi connectivity index (χ4v) is 2.95. The first kappa shape index (κ1) is 17.0. The van der Waals surface area contributed by atoms with Gasteiger partial charge in [-0.1, -0.05) is 51.9 Å². The molecule has 1 aliphatic carbocycles. The second-order valence-electron chi connectivity index (χ2n) is 5.92. The maximum atomic E-state index is 11.8. The van der Waals surface area contributed by atoms with Gasteiger partial charge in [-0.2, -0.15) is 0 Å². The van der Waals surface area contributed by atoms with Crippen molar-refractivity contribution in [1.82, 2.24) is 5.32 Å². The molecule has 0 aromatic heterocycles. The van der Waals surface area contributed by atoms with E-state index >= 15 is 0 Å². The molecule has 1 amide bonds. The highest BCUT2D eigenvalue weighted by molar-refractivity contribution is 5.78. The van der Waals surface area contributed by atoms with Gasteiger partial charge in [-0.25, -0.2) is 0 Å². The number of nitrogens with one attached hydrogen (secondary N) is 1. The number of aliphatic carboxylic acids is 1. The van der Waals surface area contributed by atoms with Crippen molar-refractivity contribution in [2.45, 2.75) is 83.6 Å². The van der Waals surface area contributed by atoms with Crippen LogP contribution in [0.15, 0.2) is 0 Å². The van der Waals surface area contributed by atoms with Crippen molar-refractivity contribution in [2.75, 3.05) is 0 Å². The maximum Gasteiger partial charge on any atom is 0.308 e. The van der Waals surface area contributed by atoms with E-state index in [0.717, 1.165) is 25.7 Å². The lowest BCUT2D eigenvalue weighted by molar-refractivity contribution is -0.142. The van der Waals surface area contributed by atoms with E-state index in [1.54, 1.807) is 0 Å². The zero-order chi connectivity index (χ0) is 14.8. The number of carbonyl (C=O) groups excluding carboxylic acids is 1. The zero-order valence-electron chi connectivity index (χ0n) is 12.7. The van der Waals surface area contributed by atoms with E-state index in [0.29, 0.717) is 12.8 Å². The number of carboxylic acid groups (broad SMARTS) is 1. The smallest absolute Gasteiger partial charge is 0.308 e. The molecule has 1 fully saturated rings. The summed E-state index contributed by atoms with van der Waals surface area (Å²) in [6, 6.07) is -0.149. The van der Waals surface area contributed by atoms with Crippen molar-refractivity contribution in [2.24, 2.45) is 5.92 Å². The fraction of sp³-hybridized carbons (Fsp3) is 0.875. The molecule has 2 unspecified atom stereocenters. The molecule has 1 aliphatic rings. The second-order valence-corrected chi connectivity index (χ2v) is 5.92. The third-order valence-electron chi connectivity index (χ3n) is 4.19. The first-order chi connectivity index (χ1) is 9.65. The fourth-order valence-electron chi connectivity index (χ4n) is 2.95. The lowest BCUT2D eigenvalue weighted by Gasteiger charge is -2.17. The summed E-state index contributed by atoms with van der Waals surface area (Å²) in [5, 5.41) is 12.0. The molecule has 1 rings (SSSR count). The van der Waals surface area contributed by atoms with Gasteiger partial charge in [0.15, 0.2) is 0 Å². The van der Waals surface area contributed by atoms with Gasteiger partial charge in [0.25, 0.3) is 0 Å². The highest BCUT2D eigenvalue weighted by Crippen LogP contribution is 2.25. The minimum atomic E-state index is -0.774. The molecule has 0 radical (unpaired) electrons. The Morgan fingerprint density at radius 2 is 1.70 bits per heavy atom. The van der Waals surface area contributed by atoms with Gasteiger partial charge in [0, 0.05) is 12.5 Å². The summed E-state index contributed by atoms with van der Waals surface area (Å²) >= 11 is 0. The predicted octanol–water partition coefficient (Wildman–Crippen LogP) is 3.50. The molecule has 1 saturated carbocycles. The lowest BCUT2D eigenvalue weighted by atomic mass is 10.0. The normalized spacial score (nSPS) is 21.9. The van der Waals surface area contributed by atoms with Crippen molar-refractivity contribution in [3.8, 4) is 0 Å². The summed E-state index contributed by atoms with van der Waals surface area (Å²) in [4.78, 5) is 22.8. The van der Waals surface area contributed by atoms with Crippen LogP contribution >= 0.6 is 0 Å². The Labute approximate surface area is 122 Å². The monoisotopic (exact) mass is 283 g/mol. The molecule has 20 heavy (non-hydrogen) atoms. The van der Waals surface area contributed by atoms with Gasteiger partial charge in [-0.05, 0) is 19.3 Å². The van der Waals surface area contributed by atoms with E-state index in [4.69, 9.17) is 5.11 Å². The number of amides is 1. The van der Waals surface area contributed by atoms with Crippen molar-refractivity contribution in [3.63, 3.8) is 0 Å². The molecule has 0 spiro atoms. The van der Waals surface area contributed by atoms with Gasteiger partial charge in [-0.3, -0.25) is 9.59 Å². The summed E-state index contributed by atoms with van der Waals surface area (Å²) in [5.74, 6) is -1.13. The van der Waals surface area contributed by atoms with Gasteiger partial charge in [0.05, 0.1) is 5.92 Å². The first-order valence-corrected chi connectivity index (χ1v) is 8.17. The van der Waals surface area contributed by atoms with Crippen LogP contribution in [0.2, 0.25) is 0 Å². The molecule has 0 heterocycles. The summed E-state index contributed by atoms with van der Waals surface area (Å²) in [6.07, 6.45) is 11.3. The number of carboxylic acids is 1. The number of carbonyl (C=O) groups is 2. The summed E-state index contributed by atoms with van der Waals surface area (Å²) < 4.78 is 0. The Balaban J connectivity index is 2.07. The van der Waals surface area contributed by atoms with Crippen LogP contribution in [-0.4, -0.2) is 23.0 Å². The van der Waals surface area contributed by atoms with Gasteiger partial charge in [0.1, 0.15) is 0 Å². The minimum Gasteiger partial charge on any atom is -0.481 e. The van der Waals surface area contributed by atoms with Crippen molar-refractivity contribution in [1.29, 1.82) is 0 Å². The summed E-state index contributed by atoms with van der Waals surface area (Å²) in [6.45, 7) is 2.21. The average Bonchev–Trinajstić information content (AvgIpc) is 2.86. The highest BCUT2D eigenvalue weighted by Gasteiger charge is 2.33. The van der Waals surface area contributed by atoms with E-state index in [1.807, 2.05) is 0 Å². The van der Waals surface area contributed by atoms with Crippen LogP contribution in [0.4, 0.5) is 0 Å². The molecule has 0 saturated heterocycles. The highest BCUT2D eigenvalue weighted by atomic mass is 16.4. The van der Waals surface area contributed by atoms with Gasteiger partial charge in [-0.15, -0.1) is 0 Å². The number of unbranched alkanes of at least 4 members (excludes halogenated alkanes) is 6. The number of hydrogen-bond acceptors (Lipinski definition) is 2. The second kappa shape index (κ2) is 9.78. The molecule has 0 aromatic carbocycles. The number of hydrogen-bond donors (Lipinski definition) is 2. The summed E-state index contributed by atoms with van der Waals surface area (Å²) in [5.41, 5.74) is 0. The Morgan fingerprint density at radius 3 is 2.35 bits per heavy atom. The largest absolute Gasteiger partial charge is 0.481 e. The van der Waals surface area contributed by atoms with Crippen LogP contribution in [0.3, 0.4) is 0 Å². The molecule has 4 heteroatoms. The molecule has 2 N–H and O–H groups in total. The van der Waals surface area contributed by atoms with E-state index in [-0.39, 0.29) is 17.9 Å². The third-order valence-corrected chi connectivity index (χ3v) is 4.19. The molecular formula is C16H29NO3. The molecule has 0 bridgehead atoms. The average molecular weight is 283 g/mol. The van der Waals surface area contributed by atoms with E-state index in [1.165, 1.54) is 32.1 Å². The minimum absolute atomic E-state index is 0.0247.